The lowest BCUT2D eigenvalue weighted by Crippen LogP contribution is -2.20. The van der Waals surface area contributed by atoms with E-state index < -0.39 is 36.0 Å². The molecular weight excluding hydrogens is 380 g/mol. The number of alkyl halides is 3. The van der Waals surface area contributed by atoms with Crippen molar-refractivity contribution in [3.8, 4) is 16.9 Å². The van der Waals surface area contributed by atoms with Crippen LogP contribution in [0, 0.1) is 5.82 Å². The highest BCUT2D eigenvalue weighted by Gasteiger charge is 2.32. The highest BCUT2D eigenvalue weighted by molar-refractivity contribution is 6.01. The predicted molar refractivity (Wildman–Crippen MR) is 94.0 cm³/mol. The molecule has 0 saturated carbocycles. The first-order chi connectivity index (χ1) is 13.1. The molecule has 28 heavy (non-hydrogen) atoms. The second-order valence-electron chi connectivity index (χ2n) is 6.16. The van der Waals surface area contributed by atoms with Crippen molar-refractivity contribution in [3.05, 3.63) is 47.5 Å². The van der Waals surface area contributed by atoms with Gasteiger partial charge in [-0.15, -0.1) is 0 Å². The highest BCUT2D eigenvalue weighted by Crippen LogP contribution is 2.37. The van der Waals surface area contributed by atoms with E-state index in [0.29, 0.717) is 23.2 Å². The van der Waals surface area contributed by atoms with Gasteiger partial charge in [-0.1, -0.05) is 19.1 Å². The number of benzene rings is 1. The first-order valence-corrected chi connectivity index (χ1v) is 8.33. The number of pyridine rings is 1. The fourth-order valence-corrected chi connectivity index (χ4v) is 3.07. The lowest BCUT2D eigenvalue weighted by Gasteiger charge is -2.11. The van der Waals surface area contributed by atoms with Gasteiger partial charge in [0.1, 0.15) is 11.5 Å². The Morgan fingerprint density at radius 3 is 2.57 bits per heavy atom. The molecule has 148 valence electrons. The van der Waals surface area contributed by atoms with E-state index in [0.717, 1.165) is 0 Å². The number of carboxylic acids is 1. The summed E-state index contributed by atoms with van der Waals surface area (Å²) in [5.74, 6) is -2.34. The number of aromatic carboxylic acids is 1. The molecule has 0 bridgehead atoms. The maximum atomic E-state index is 13.7. The van der Waals surface area contributed by atoms with Crippen LogP contribution in [0.15, 0.2) is 30.3 Å². The zero-order valence-corrected chi connectivity index (χ0v) is 15.0. The molecule has 0 unspecified atom stereocenters. The third-order valence-corrected chi connectivity index (χ3v) is 4.25. The molecule has 5 nitrogen and oxygen atoms in total. The number of aryl methyl sites for hydroxylation is 2. The zero-order chi connectivity index (χ0) is 20.6. The monoisotopic (exact) mass is 396 g/mol. The summed E-state index contributed by atoms with van der Waals surface area (Å²) in [5.41, 5.74) is 1.26. The van der Waals surface area contributed by atoms with E-state index in [9.17, 15) is 27.5 Å². The molecule has 1 aromatic carbocycles. The fraction of sp³-hybridized carbons (Fsp3) is 0.263. The van der Waals surface area contributed by atoms with E-state index in [2.05, 4.69) is 4.98 Å². The van der Waals surface area contributed by atoms with E-state index in [1.54, 1.807) is 6.07 Å². The molecule has 3 rings (SSSR count). The predicted octanol–water partition coefficient (Wildman–Crippen LogP) is 4.58. The van der Waals surface area contributed by atoms with Crippen molar-refractivity contribution in [3.63, 3.8) is 0 Å². The van der Waals surface area contributed by atoms with Crippen LogP contribution in [0.5, 0.6) is 5.75 Å². The van der Waals surface area contributed by atoms with Crippen molar-refractivity contribution < 1.29 is 32.2 Å². The van der Waals surface area contributed by atoms with Crippen LogP contribution in [0.2, 0.25) is 0 Å². The molecule has 0 radical (unpaired) electrons. The van der Waals surface area contributed by atoms with Crippen LogP contribution in [-0.2, 0) is 13.5 Å². The summed E-state index contributed by atoms with van der Waals surface area (Å²) >= 11 is 0. The second-order valence-corrected chi connectivity index (χ2v) is 6.16. The standard InChI is InChI=1S/C19H16F4N2O3/c1-3-14-12(10-5-4-6-11(20)7-10)8-13-16(28-9-19(21,22)23)15(18(26)27)25(2)17(13)24-14/h4-8H,3,9H2,1-2H3,(H,26,27). The Bertz CT molecular complexity index is 1060. The number of hydrogen-bond acceptors (Lipinski definition) is 3. The molecule has 0 atom stereocenters. The van der Waals surface area contributed by atoms with Gasteiger partial charge >= 0.3 is 12.1 Å². The third-order valence-electron chi connectivity index (χ3n) is 4.25. The van der Waals surface area contributed by atoms with Crippen LogP contribution >= 0.6 is 0 Å². The minimum Gasteiger partial charge on any atom is -0.481 e. The lowest BCUT2D eigenvalue weighted by molar-refractivity contribution is -0.153. The van der Waals surface area contributed by atoms with Gasteiger partial charge in [0.25, 0.3) is 0 Å². The molecule has 3 aromatic rings. The summed E-state index contributed by atoms with van der Waals surface area (Å²) in [5, 5.41) is 9.58. The molecule has 0 saturated heterocycles. The molecule has 0 aliphatic rings. The van der Waals surface area contributed by atoms with Gasteiger partial charge in [-0.05, 0) is 30.2 Å². The Morgan fingerprint density at radius 2 is 2.00 bits per heavy atom. The van der Waals surface area contributed by atoms with Gasteiger partial charge in [0.15, 0.2) is 18.1 Å². The van der Waals surface area contributed by atoms with Gasteiger partial charge in [0.05, 0.1) is 11.1 Å². The van der Waals surface area contributed by atoms with Crippen LogP contribution in [-0.4, -0.2) is 33.4 Å². The third kappa shape index (κ3) is 3.64. The van der Waals surface area contributed by atoms with Crippen molar-refractivity contribution in [1.29, 1.82) is 0 Å². The molecule has 0 aliphatic carbocycles. The average Bonchev–Trinajstić information content (AvgIpc) is 2.89. The number of aromatic nitrogens is 2. The van der Waals surface area contributed by atoms with Crippen molar-refractivity contribution in [1.82, 2.24) is 9.55 Å². The van der Waals surface area contributed by atoms with E-state index in [4.69, 9.17) is 4.74 Å². The lowest BCUT2D eigenvalue weighted by atomic mass is 10.0. The van der Waals surface area contributed by atoms with Gasteiger partial charge < -0.3 is 14.4 Å². The molecular formula is C19H16F4N2O3. The molecule has 2 heterocycles. The van der Waals surface area contributed by atoms with E-state index in [1.807, 2.05) is 6.92 Å². The molecule has 2 aromatic heterocycles. The zero-order valence-electron chi connectivity index (χ0n) is 15.0. The van der Waals surface area contributed by atoms with Crippen LogP contribution < -0.4 is 4.74 Å². The summed E-state index contributed by atoms with van der Waals surface area (Å²) in [7, 11) is 1.39. The van der Waals surface area contributed by atoms with Crippen molar-refractivity contribution in [2.45, 2.75) is 19.5 Å². The van der Waals surface area contributed by atoms with E-state index in [1.165, 1.54) is 35.9 Å². The van der Waals surface area contributed by atoms with Gasteiger partial charge in [-0.3, -0.25) is 0 Å². The summed E-state index contributed by atoms with van der Waals surface area (Å²) in [6.07, 6.45) is -4.19. The van der Waals surface area contributed by atoms with Crippen molar-refractivity contribution in [2.75, 3.05) is 6.61 Å². The Kier molecular flexibility index (Phi) is 5.01. The molecule has 9 heteroatoms. The molecule has 0 fully saturated rings. The number of carbonyl (C=O) groups is 1. The fourth-order valence-electron chi connectivity index (χ4n) is 3.07. The molecule has 1 N–H and O–H groups in total. The van der Waals surface area contributed by atoms with Crippen molar-refractivity contribution in [2.24, 2.45) is 7.05 Å². The second kappa shape index (κ2) is 7.14. The van der Waals surface area contributed by atoms with Gasteiger partial charge in [-0.2, -0.15) is 13.2 Å². The first kappa shape index (κ1) is 19.7. The summed E-state index contributed by atoms with van der Waals surface area (Å²) in [4.78, 5) is 16.1. The molecule has 0 amide bonds. The number of hydrogen-bond donors (Lipinski definition) is 1. The largest absolute Gasteiger partial charge is 0.481 e. The van der Waals surface area contributed by atoms with Crippen LogP contribution in [0.4, 0.5) is 17.6 Å². The number of ether oxygens (including phenoxy) is 1. The Labute approximate surface area is 157 Å². The SMILES string of the molecule is CCc1nc2c(cc1-c1cccc(F)c1)c(OCC(F)(F)F)c(C(=O)O)n2C. The van der Waals surface area contributed by atoms with Crippen LogP contribution in [0.25, 0.3) is 22.2 Å². The Hall–Kier alpha value is -3.10. The first-order valence-electron chi connectivity index (χ1n) is 8.33. The highest BCUT2D eigenvalue weighted by atomic mass is 19.4. The minimum atomic E-state index is -4.64. The van der Waals surface area contributed by atoms with Gasteiger partial charge in [0.2, 0.25) is 0 Å². The summed E-state index contributed by atoms with van der Waals surface area (Å²) in [6, 6.07) is 7.18. The number of carboxylic acid groups (broad SMARTS) is 1. The quantitative estimate of drug-likeness (QED) is 0.641. The smallest absolute Gasteiger partial charge is 0.422 e. The number of fused-ring (bicyclic) bond motifs is 1. The maximum absolute atomic E-state index is 13.7. The number of nitrogens with zero attached hydrogens (tertiary/aromatic N) is 2. The maximum Gasteiger partial charge on any atom is 0.422 e. The van der Waals surface area contributed by atoms with Gasteiger partial charge in [0, 0.05) is 12.6 Å². The normalized spacial score (nSPS) is 11.8. The van der Waals surface area contributed by atoms with Crippen molar-refractivity contribution >= 4 is 17.0 Å². The topological polar surface area (TPSA) is 64.3 Å². The number of halogens is 4. The average molecular weight is 396 g/mol. The summed E-state index contributed by atoms with van der Waals surface area (Å²) in [6.45, 7) is 0.177. The molecule has 0 aliphatic heterocycles. The summed E-state index contributed by atoms with van der Waals surface area (Å²) < 4.78 is 57.6. The minimum absolute atomic E-state index is 0.112. The number of rotatable bonds is 5. The van der Waals surface area contributed by atoms with Gasteiger partial charge in [-0.25, -0.2) is 14.2 Å². The Morgan fingerprint density at radius 1 is 1.29 bits per heavy atom. The van der Waals surface area contributed by atoms with Crippen LogP contribution in [0.1, 0.15) is 23.1 Å². The molecule has 0 spiro atoms. The van der Waals surface area contributed by atoms with E-state index in [-0.39, 0.29) is 11.0 Å². The Balaban J connectivity index is 2.29. The van der Waals surface area contributed by atoms with Crippen LogP contribution in [0.3, 0.4) is 0 Å². The van der Waals surface area contributed by atoms with E-state index >= 15 is 0 Å².